The Kier molecular flexibility index (Phi) is 4.31. The number of amides is 1. The second kappa shape index (κ2) is 7.02. The molecule has 3 heterocycles. The number of carbonyl (C=O) groups is 3. The van der Waals surface area contributed by atoms with Crippen molar-refractivity contribution in [1.29, 1.82) is 0 Å². The van der Waals surface area contributed by atoms with E-state index in [-0.39, 0.29) is 37.2 Å². The fourth-order valence-electron chi connectivity index (χ4n) is 4.27. The van der Waals surface area contributed by atoms with Crippen LogP contribution in [0.3, 0.4) is 0 Å². The lowest BCUT2D eigenvalue weighted by Crippen LogP contribution is -2.44. The summed E-state index contributed by atoms with van der Waals surface area (Å²) in [4.78, 5) is 42.8. The Morgan fingerprint density at radius 3 is 2.80 bits per heavy atom. The van der Waals surface area contributed by atoms with E-state index in [1.165, 1.54) is 4.90 Å². The second-order valence-corrected chi connectivity index (χ2v) is 7.76. The van der Waals surface area contributed by atoms with E-state index in [1.807, 2.05) is 24.3 Å². The Balaban J connectivity index is 1.56. The molecule has 3 aromatic rings. The van der Waals surface area contributed by atoms with Gasteiger partial charge in [0.1, 0.15) is 0 Å². The Labute approximate surface area is 172 Å². The summed E-state index contributed by atoms with van der Waals surface area (Å²) in [6.07, 6.45) is 0.519. The largest absolute Gasteiger partial charge is 0.454 e. The molecule has 1 atom stereocenters. The van der Waals surface area contributed by atoms with Crippen LogP contribution in [0.5, 0.6) is 11.5 Å². The highest BCUT2D eigenvalue weighted by Crippen LogP contribution is 2.34. The molecule has 1 amide bonds. The molecule has 0 spiro atoms. The van der Waals surface area contributed by atoms with Crippen LogP contribution in [-0.2, 0) is 16.0 Å². The Morgan fingerprint density at radius 1 is 1.13 bits per heavy atom. The monoisotopic (exact) mass is 404 g/mol. The molecule has 7 nitrogen and oxygen atoms in total. The van der Waals surface area contributed by atoms with E-state index < -0.39 is 5.92 Å². The number of fused-ring (bicyclic) bond motifs is 2. The number of nitrogens with one attached hydrogen (secondary N) is 1. The zero-order chi connectivity index (χ0) is 20.8. The van der Waals surface area contributed by atoms with Crippen LogP contribution in [0.1, 0.15) is 28.0 Å². The van der Waals surface area contributed by atoms with Crippen molar-refractivity contribution >= 4 is 28.4 Å². The molecule has 0 aliphatic carbocycles. The normalized spacial score (nSPS) is 18.3. The number of likely N-dealkylation sites (N-methyl/N-ethyl adjacent to an activating group) is 1. The number of H-pyrrole nitrogens is 1. The molecule has 1 fully saturated rings. The Morgan fingerprint density at radius 2 is 1.93 bits per heavy atom. The van der Waals surface area contributed by atoms with Crippen molar-refractivity contribution in [1.82, 2.24) is 9.88 Å². The van der Waals surface area contributed by atoms with Gasteiger partial charge in [0, 0.05) is 35.9 Å². The smallest absolute Gasteiger partial charge is 0.231 e. The molecule has 2 aliphatic rings. The highest BCUT2D eigenvalue weighted by Gasteiger charge is 2.33. The number of nitrogens with zero attached hydrogens (tertiary/aromatic N) is 1. The van der Waals surface area contributed by atoms with Crippen LogP contribution in [0.25, 0.3) is 10.9 Å². The molecule has 1 unspecified atom stereocenters. The number of ether oxygens (including phenoxy) is 2. The number of carbonyl (C=O) groups excluding carboxylic acids is 3. The molecule has 0 bridgehead atoms. The summed E-state index contributed by atoms with van der Waals surface area (Å²) in [6, 6.07) is 12.7. The van der Waals surface area contributed by atoms with Crippen molar-refractivity contribution in [3.8, 4) is 11.5 Å². The summed E-state index contributed by atoms with van der Waals surface area (Å²) in [5.74, 6) is 0.444. The van der Waals surface area contributed by atoms with Gasteiger partial charge in [0.2, 0.25) is 18.5 Å². The van der Waals surface area contributed by atoms with Crippen molar-refractivity contribution in [3.05, 3.63) is 59.3 Å². The van der Waals surface area contributed by atoms with Crippen LogP contribution in [-0.4, -0.2) is 47.7 Å². The number of aromatic amines is 1. The minimum atomic E-state index is -0.473. The summed E-state index contributed by atoms with van der Waals surface area (Å²) in [6.45, 7) is 0.280. The highest BCUT2D eigenvalue weighted by molar-refractivity contribution is 6.12. The van der Waals surface area contributed by atoms with Crippen molar-refractivity contribution in [2.24, 2.45) is 5.92 Å². The van der Waals surface area contributed by atoms with Crippen molar-refractivity contribution < 1.29 is 23.9 Å². The SMILES string of the molecule is CN1CC(=O)CC(Cc2c(C(=O)c3ccc4c(c3)OCO4)[nH]c3ccccc23)C1=O. The molecule has 0 radical (unpaired) electrons. The number of likely N-dealkylation sites (tertiary alicyclic amines) is 1. The number of benzene rings is 2. The summed E-state index contributed by atoms with van der Waals surface area (Å²) in [5, 5.41) is 0.884. The summed E-state index contributed by atoms with van der Waals surface area (Å²) >= 11 is 0. The minimum Gasteiger partial charge on any atom is -0.454 e. The van der Waals surface area contributed by atoms with Gasteiger partial charge in [-0.05, 0) is 36.2 Å². The Bertz CT molecular complexity index is 1200. The molecule has 2 aliphatic heterocycles. The first kappa shape index (κ1) is 18.4. The molecule has 1 N–H and O–H groups in total. The number of para-hydroxylation sites is 1. The fraction of sp³-hybridized carbons (Fsp3) is 0.261. The van der Waals surface area contributed by atoms with Gasteiger partial charge in [-0.3, -0.25) is 14.4 Å². The third-order valence-corrected chi connectivity index (χ3v) is 5.74. The second-order valence-electron chi connectivity index (χ2n) is 7.76. The molecule has 1 saturated heterocycles. The standard InChI is InChI=1S/C23H20N2O5/c1-25-11-15(26)8-14(23(25)28)9-17-16-4-2-3-5-18(16)24-21(17)22(27)13-6-7-19-20(10-13)30-12-29-19/h2-7,10,14,24H,8-9,11-12H2,1H3. The average Bonchev–Trinajstić information content (AvgIpc) is 3.35. The van der Waals surface area contributed by atoms with Crippen LogP contribution in [0.4, 0.5) is 0 Å². The molecule has 30 heavy (non-hydrogen) atoms. The van der Waals surface area contributed by atoms with Crippen LogP contribution in [0.15, 0.2) is 42.5 Å². The third-order valence-electron chi connectivity index (χ3n) is 5.74. The van der Waals surface area contributed by atoms with E-state index in [0.717, 1.165) is 16.5 Å². The lowest BCUT2D eigenvalue weighted by molar-refractivity contribution is -0.143. The van der Waals surface area contributed by atoms with Gasteiger partial charge in [0.05, 0.1) is 12.2 Å². The lowest BCUT2D eigenvalue weighted by Gasteiger charge is -2.28. The average molecular weight is 404 g/mol. The predicted octanol–water partition coefficient (Wildman–Crippen LogP) is 2.72. The van der Waals surface area contributed by atoms with E-state index in [0.29, 0.717) is 29.2 Å². The summed E-state index contributed by atoms with van der Waals surface area (Å²) in [5.41, 5.74) is 2.48. The van der Waals surface area contributed by atoms with Crippen molar-refractivity contribution in [2.45, 2.75) is 12.8 Å². The van der Waals surface area contributed by atoms with Gasteiger partial charge in [0.15, 0.2) is 17.3 Å². The molecule has 2 aromatic carbocycles. The van der Waals surface area contributed by atoms with Gasteiger partial charge in [-0.2, -0.15) is 0 Å². The first-order valence-electron chi connectivity index (χ1n) is 9.82. The predicted molar refractivity (Wildman–Crippen MR) is 109 cm³/mol. The maximum atomic E-state index is 13.4. The summed E-state index contributed by atoms with van der Waals surface area (Å²) < 4.78 is 10.7. The molecule has 5 rings (SSSR count). The van der Waals surface area contributed by atoms with Crippen molar-refractivity contribution in [2.75, 3.05) is 20.4 Å². The number of Topliss-reactive ketones (excluding diaryl/α,β-unsaturated/α-hetero) is 1. The number of hydrogen-bond donors (Lipinski definition) is 1. The van der Waals surface area contributed by atoms with Gasteiger partial charge in [0.25, 0.3) is 0 Å². The molecular formula is C23H20N2O5. The maximum Gasteiger partial charge on any atom is 0.231 e. The van der Waals surface area contributed by atoms with Crippen molar-refractivity contribution in [3.63, 3.8) is 0 Å². The van der Waals surface area contributed by atoms with E-state index in [4.69, 9.17) is 9.47 Å². The molecule has 7 heteroatoms. The maximum absolute atomic E-state index is 13.4. The zero-order valence-corrected chi connectivity index (χ0v) is 16.4. The molecule has 0 saturated carbocycles. The van der Waals surface area contributed by atoms with E-state index in [2.05, 4.69) is 4.98 Å². The van der Waals surface area contributed by atoms with Crippen LogP contribution in [0.2, 0.25) is 0 Å². The fourth-order valence-corrected chi connectivity index (χ4v) is 4.27. The van der Waals surface area contributed by atoms with Crippen LogP contribution in [0, 0.1) is 5.92 Å². The number of aromatic nitrogens is 1. The van der Waals surface area contributed by atoms with E-state index in [9.17, 15) is 14.4 Å². The number of hydrogen-bond acceptors (Lipinski definition) is 5. The van der Waals surface area contributed by atoms with Crippen LogP contribution < -0.4 is 9.47 Å². The number of piperidine rings is 1. The van der Waals surface area contributed by atoms with Gasteiger partial charge in [-0.15, -0.1) is 0 Å². The lowest BCUT2D eigenvalue weighted by atomic mass is 9.88. The van der Waals surface area contributed by atoms with Gasteiger partial charge in [-0.25, -0.2) is 0 Å². The molecule has 1 aromatic heterocycles. The van der Waals surface area contributed by atoms with E-state index >= 15 is 0 Å². The first-order valence-corrected chi connectivity index (χ1v) is 9.82. The first-order chi connectivity index (χ1) is 14.5. The third kappa shape index (κ3) is 3.03. The van der Waals surface area contributed by atoms with Gasteiger partial charge < -0.3 is 19.4 Å². The zero-order valence-electron chi connectivity index (χ0n) is 16.4. The summed E-state index contributed by atoms with van der Waals surface area (Å²) in [7, 11) is 1.64. The minimum absolute atomic E-state index is 0.0330. The van der Waals surface area contributed by atoms with Gasteiger partial charge >= 0.3 is 0 Å². The number of ketones is 2. The molecular weight excluding hydrogens is 384 g/mol. The Hall–Kier alpha value is -3.61. The number of rotatable bonds is 4. The van der Waals surface area contributed by atoms with E-state index in [1.54, 1.807) is 25.2 Å². The topological polar surface area (TPSA) is 88.7 Å². The van der Waals surface area contributed by atoms with Gasteiger partial charge in [-0.1, -0.05) is 18.2 Å². The van der Waals surface area contributed by atoms with Crippen LogP contribution >= 0.6 is 0 Å². The quantitative estimate of drug-likeness (QED) is 0.676. The highest BCUT2D eigenvalue weighted by atomic mass is 16.7. The molecule has 152 valence electrons.